The molecule has 6 heteroatoms. The highest BCUT2D eigenvalue weighted by Crippen LogP contribution is 2.20. The predicted octanol–water partition coefficient (Wildman–Crippen LogP) is 3.19. The Bertz CT molecular complexity index is 861. The SMILES string of the molecule is C[Si](C)(C)CCOCn1ncc2c(=O)[nH]c3ccccc3c21. The van der Waals surface area contributed by atoms with Crippen LogP contribution in [0.4, 0.5) is 0 Å². The third kappa shape index (κ3) is 2.98. The number of nitrogens with zero attached hydrogens (tertiary/aromatic N) is 2. The molecule has 0 saturated carbocycles. The maximum atomic E-state index is 12.1. The first kappa shape index (κ1) is 15.0. The Hall–Kier alpha value is -1.92. The summed E-state index contributed by atoms with van der Waals surface area (Å²) in [6.07, 6.45) is 1.61. The van der Waals surface area contributed by atoms with Gasteiger partial charge in [-0.05, 0) is 12.1 Å². The van der Waals surface area contributed by atoms with Crippen molar-refractivity contribution in [1.29, 1.82) is 0 Å². The van der Waals surface area contributed by atoms with Crippen molar-refractivity contribution in [1.82, 2.24) is 14.8 Å². The van der Waals surface area contributed by atoms with Crippen LogP contribution in [0.3, 0.4) is 0 Å². The summed E-state index contributed by atoms with van der Waals surface area (Å²) in [5, 5.41) is 5.92. The third-order valence-electron chi connectivity index (χ3n) is 3.72. The van der Waals surface area contributed by atoms with E-state index in [1.165, 1.54) is 0 Å². The predicted molar refractivity (Wildman–Crippen MR) is 92.0 cm³/mol. The zero-order chi connectivity index (χ0) is 15.7. The molecule has 2 aromatic heterocycles. The first-order valence-corrected chi connectivity index (χ1v) is 11.2. The molecular formula is C16H21N3O2Si. The topological polar surface area (TPSA) is 59.9 Å². The van der Waals surface area contributed by atoms with Crippen LogP contribution in [0, 0.1) is 0 Å². The number of rotatable bonds is 5. The normalized spacial score (nSPS) is 12.3. The molecule has 3 rings (SSSR count). The molecule has 0 aliphatic heterocycles. The molecule has 1 aromatic carbocycles. The largest absolute Gasteiger partial charge is 0.360 e. The minimum absolute atomic E-state index is 0.109. The molecule has 0 amide bonds. The van der Waals surface area contributed by atoms with Crippen molar-refractivity contribution in [2.75, 3.05) is 6.61 Å². The van der Waals surface area contributed by atoms with Crippen molar-refractivity contribution in [2.24, 2.45) is 0 Å². The summed E-state index contributed by atoms with van der Waals surface area (Å²) in [6.45, 7) is 8.09. The average Bonchev–Trinajstić information content (AvgIpc) is 2.88. The van der Waals surface area contributed by atoms with Crippen molar-refractivity contribution in [2.45, 2.75) is 32.4 Å². The van der Waals surface area contributed by atoms with E-state index < -0.39 is 8.07 Å². The third-order valence-corrected chi connectivity index (χ3v) is 5.43. The lowest BCUT2D eigenvalue weighted by atomic mass is 10.2. The Morgan fingerprint density at radius 1 is 1.23 bits per heavy atom. The molecule has 0 radical (unpaired) electrons. The van der Waals surface area contributed by atoms with Gasteiger partial charge in [-0.15, -0.1) is 0 Å². The smallest absolute Gasteiger partial charge is 0.259 e. The standard InChI is InChI=1S/C16H21N3O2Si/c1-22(2,3)9-8-21-11-19-15-12-6-4-5-7-14(12)18-16(20)13(15)10-17-19/h4-7,10H,8-9,11H2,1-3H3,(H,18,20). The van der Waals surface area contributed by atoms with Gasteiger partial charge in [-0.1, -0.05) is 37.8 Å². The number of H-pyrrole nitrogens is 1. The number of benzene rings is 1. The van der Waals surface area contributed by atoms with Crippen LogP contribution in [0.2, 0.25) is 25.7 Å². The molecule has 116 valence electrons. The van der Waals surface area contributed by atoms with Gasteiger partial charge in [0.1, 0.15) is 6.73 Å². The molecule has 0 saturated heterocycles. The van der Waals surface area contributed by atoms with Gasteiger partial charge >= 0.3 is 0 Å². The molecule has 5 nitrogen and oxygen atoms in total. The van der Waals surface area contributed by atoms with Gasteiger partial charge in [0.15, 0.2) is 0 Å². The number of hydrogen-bond acceptors (Lipinski definition) is 3. The molecule has 3 aromatic rings. The highest BCUT2D eigenvalue weighted by Gasteiger charge is 2.13. The summed E-state index contributed by atoms with van der Waals surface area (Å²) >= 11 is 0. The van der Waals surface area contributed by atoms with Crippen LogP contribution in [-0.4, -0.2) is 29.4 Å². The van der Waals surface area contributed by atoms with Crippen LogP contribution < -0.4 is 5.56 Å². The molecule has 0 aliphatic rings. The van der Waals surface area contributed by atoms with E-state index >= 15 is 0 Å². The summed E-state index contributed by atoms with van der Waals surface area (Å²) < 4.78 is 7.55. The Labute approximate surface area is 129 Å². The van der Waals surface area contributed by atoms with E-state index in [1.807, 2.05) is 24.3 Å². The Morgan fingerprint density at radius 3 is 2.77 bits per heavy atom. The van der Waals surface area contributed by atoms with Crippen molar-refractivity contribution in [3.8, 4) is 0 Å². The number of aromatic nitrogens is 3. The Kier molecular flexibility index (Phi) is 3.88. The zero-order valence-corrected chi connectivity index (χ0v) is 14.2. The monoisotopic (exact) mass is 315 g/mol. The van der Waals surface area contributed by atoms with E-state index in [0.717, 1.165) is 29.1 Å². The molecular weight excluding hydrogens is 294 g/mol. The van der Waals surface area contributed by atoms with Gasteiger partial charge in [0.05, 0.1) is 22.6 Å². The Balaban J connectivity index is 1.92. The summed E-state index contributed by atoms with van der Waals surface area (Å²) in [4.78, 5) is 15.0. The zero-order valence-electron chi connectivity index (χ0n) is 13.2. The van der Waals surface area contributed by atoms with Gasteiger partial charge in [-0.3, -0.25) is 4.79 Å². The van der Waals surface area contributed by atoms with E-state index in [0.29, 0.717) is 12.1 Å². The first-order chi connectivity index (χ1) is 10.5. The maximum Gasteiger partial charge on any atom is 0.259 e. The number of ether oxygens (including phenoxy) is 1. The molecule has 22 heavy (non-hydrogen) atoms. The second kappa shape index (κ2) is 5.70. The molecule has 0 spiro atoms. The van der Waals surface area contributed by atoms with E-state index in [9.17, 15) is 4.79 Å². The number of para-hydroxylation sites is 1. The van der Waals surface area contributed by atoms with Gasteiger partial charge < -0.3 is 9.72 Å². The van der Waals surface area contributed by atoms with Crippen LogP contribution in [0.25, 0.3) is 21.8 Å². The fourth-order valence-corrected chi connectivity index (χ4v) is 3.21. The second-order valence-corrected chi connectivity index (χ2v) is 12.4. The van der Waals surface area contributed by atoms with Crippen LogP contribution in [-0.2, 0) is 11.5 Å². The molecule has 0 atom stereocenters. The van der Waals surface area contributed by atoms with E-state index in [2.05, 4.69) is 29.7 Å². The van der Waals surface area contributed by atoms with Gasteiger partial charge in [-0.25, -0.2) is 4.68 Å². The van der Waals surface area contributed by atoms with E-state index in [-0.39, 0.29) is 5.56 Å². The highest BCUT2D eigenvalue weighted by molar-refractivity contribution is 6.76. The van der Waals surface area contributed by atoms with Gasteiger partial charge in [0, 0.05) is 20.1 Å². The lowest BCUT2D eigenvalue weighted by Gasteiger charge is -2.15. The average molecular weight is 315 g/mol. The highest BCUT2D eigenvalue weighted by atomic mass is 28.3. The number of aromatic amines is 1. The van der Waals surface area contributed by atoms with E-state index in [1.54, 1.807) is 10.9 Å². The molecule has 0 aliphatic carbocycles. The Morgan fingerprint density at radius 2 is 2.00 bits per heavy atom. The van der Waals surface area contributed by atoms with Crippen molar-refractivity contribution < 1.29 is 4.74 Å². The maximum absolute atomic E-state index is 12.1. The van der Waals surface area contributed by atoms with Crippen LogP contribution in [0.1, 0.15) is 0 Å². The second-order valence-electron chi connectivity index (χ2n) is 6.75. The quantitative estimate of drug-likeness (QED) is 0.581. The number of pyridine rings is 1. The minimum Gasteiger partial charge on any atom is -0.360 e. The summed E-state index contributed by atoms with van der Waals surface area (Å²) in [5.74, 6) is 0. The van der Waals surface area contributed by atoms with Crippen LogP contribution in [0.15, 0.2) is 35.3 Å². The fourth-order valence-electron chi connectivity index (χ4n) is 2.45. The minimum atomic E-state index is -1.10. The van der Waals surface area contributed by atoms with Gasteiger partial charge in [-0.2, -0.15) is 5.10 Å². The van der Waals surface area contributed by atoms with Crippen molar-refractivity contribution in [3.05, 3.63) is 40.8 Å². The van der Waals surface area contributed by atoms with Crippen molar-refractivity contribution in [3.63, 3.8) is 0 Å². The van der Waals surface area contributed by atoms with Crippen molar-refractivity contribution >= 4 is 29.9 Å². The fraction of sp³-hybridized carbons (Fsp3) is 0.375. The van der Waals surface area contributed by atoms with Gasteiger partial charge in [0.2, 0.25) is 0 Å². The lowest BCUT2D eigenvalue weighted by Crippen LogP contribution is -2.22. The molecule has 0 fully saturated rings. The number of fused-ring (bicyclic) bond motifs is 3. The molecule has 2 heterocycles. The first-order valence-electron chi connectivity index (χ1n) is 7.50. The summed E-state index contributed by atoms with van der Waals surface area (Å²) in [6, 6.07) is 8.89. The summed E-state index contributed by atoms with van der Waals surface area (Å²) in [7, 11) is -1.10. The molecule has 0 bridgehead atoms. The summed E-state index contributed by atoms with van der Waals surface area (Å²) in [5.41, 5.74) is 1.55. The lowest BCUT2D eigenvalue weighted by molar-refractivity contribution is 0.0818. The number of nitrogens with one attached hydrogen (secondary N) is 1. The molecule has 1 N–H and O–H groups in total. The van der Waals surface area contributed by atoms with Crippen LogP contribution in [0.5, 0.6) is 0 Å². The van der Waals surface area contributed by atoms with Crippen LogP contribution >= 0.6 is 0 Å². The van der Waals surface area contributed by atoms with E-state index in [4.69, 9.17) is 4.74 Å². The number of hydrogen-bond donors (Lipinski definition) is 1. The molecule has 0 unspecified atom stereocenters. The van der Waals surface area contributed by atoms with Gasteiger partial charge in [0.25, 0.3) is 5.56 Å².